The fraction of sp³-hybridized carbons (Fsp3) is 0.300. The summed E-state index contributed by atoms with van der Waals surface area (Å²) in [5, 5.41) is 0.280. The second-order valence-corrected chi connectivity index (χ2v) is 3.28. The predicted molar refractivity (Wildman–Crippen MR) is 53.9 cm³/mol. The zero-order valence-corrected chi connectivity index (χ0v) is 8.90. The number of benzene rings is 1. The van der Waals surface area contributed by atoms with Crippen LogP contribution in [0.5, 0.6) is 0 Å². The fourth-order valence-electron chi connectivity index (χ4n) is 1.10. The van der Waals surface area contributed by atoms with Gasteiger partial charge in [-0.2, -0.15) is 0 Å². The lowest BCUT2D eigenvalue weighted by Gasteiger charge is -2.02. The van der Waals surface area contributed by atoms with Gasteiger partial charge in [-0.05, 0) is 30.2 Å². The largest absolute Gasteiger partial charge is 0.293 e. The molecule has 0 fully saturated rings. The van der Waals surface area contributed by atoms with Crippen LogP contribution in [0, 0.1) is 5.82 Å². The van der Waals surface area contributed by atoms with Crippen molar-refractivity contribution >= 4 is 21.7 Å². The van der Waals surface area contributed by atoms with E-state index in [2.05, 4.69) is 15.9 Å². The Morgan fingerprint density at radius 1 is 1.54 bits per heavy atom. The quantitative estimate of drug-likeness (QED) is 0.591. The second kappa shape index (κ2) is 4.51. The lowest BCUT2D eigenvalue weighted by molar-refractivity contribution is 0.102. The molecule has 0 aliphatic heterocycles. The first-order valence-corrected chi connectivity index (χ1v) is 5.18. The molecule has 1 aromatic rings. The van der Waals surface area contributed by atoms with E-state index >= 15 is 0 Å². The van der Waals surface area contributed by atoms with Crippen molar-refractivity contribution in [3.8, 4) is 0 Å². The molecule has 0 atom stereocenters. The Morgan fingerprint density at radius 3 is 2.77 bits per heavy atom. The van der Waals surface area contributed by atoms with Gasteiger partial charge in [-0.3, -0.25) is 4.79 Å². The van der Waals surface area contributed by atoms with Crippen molar-refractivity contribution in [3.05, 3.63) is 35.1 Å². The molecule has 1 rings (SSSR count). The zero-order valence-electron chi connectivity index (χ0n) is 7.31. The molecule has 70 valence electrons. The summed E-state index contributed by atoms with van der Waals surface area (Å²) >= 11 is 3.07. The van der Waals surface area contributed by atoms with Gasteiger partial charge in [0.15, 0.2) is 5.78 Å². The molecule has 0 amide bonds. The molecular weight excluding hydrogens is 235 g/mol. The third-order valence-electron chi connectivity index (χ3n) is 1.87. The highest BCUT2D eigenvalue weighted by atomic mass is 79.9. The Bertz CT molecular complexity index is 323. The Kier molecular flexibility index (Phi) is 3.60. The SMILES string of the molecule is CCc1cc(C(=O)CBr)ccc1F. The van der Waals surface area contributed by atoms with Crippen molar-refractivity contribution in [2.75, 3.05) is 5.33 Å². The summed E-state index contributed by atoms with van der Waals surface area (Å²) in [5.41, 5.74) is 1.15. The number of carbonyl (C=O) groups excluding carboxylic acids is 1. The van der Waals surface area contributed by atoms with E-state index in [4.69, 9.17) is 0 Å². The topological polar surface area (TPSA) is 17.1 Å². The number of Topliss-reactive ketones (excluding diaryl/α,β-unsaturated/α-hetero) is 1. The fourth-order valence-corrected chi connectivity index (χ4v) is 1.42. The highest BCUT2D eigenvalue weighted by Crippen LogP contribution is 2.12. The first-order chi connectivity index (χ1) is 6.19. The maximum atomic E-state index is 13.0. The van der Waals surface area contributed by atoms with Crippen LogP contribution in [0.2, 0.25) is 0 Å². The van der Waals surface area contributed by atoms with Gasteiger partial charge in [0.05, 0.1) is 5.33 Å². The van der Waals surface area contributed by atoms with Gasteiger partial charge in [0.1, 0.15) is 5.82 Å². The second-order valence-electron chi connectivity index (χ2n) is 2.72. The Morgan fingerprint density at radius 2 is 2.23 bits per heavy atom. The van der Waals surface area contributed by atoms with Crippen LogP contribution < -0.4 is 0 Å². The van der Waals surface area contributed by atoms with Gasteiger partial charge in [-0.15, -0.1) is 0 Å². The van der Waals surface area contributed by atoms with Crippen LogP contribution in [0.4, 0.5) is 4.39 Å². The molecule has 0 aliphatic carbocycles. The number of ketones is 1. The summed E-state index contributed by atoms with van der Waals surface area (Å²) in [5.74, 6) is -0.261. The van der Waals surface area contributed by atoms with Crippen LogP contribution in [-0.4, -0.2) is 11.1 Å². The highest BCUT2D eigenvalue weighted by Gasteiger charge is 2.06. The predicted octanol–water partition coefficient (Wildman–Crippen LogP) is 2.97. The molecule has 0 heterocycles. The number of rotatable bonds is 3. The van der Waals surface area contributed by atoms with Crippen LogP contribution in [0.15, 0.2) is 18.2 Å². The summed E-state index contributed by atoms with van der Waals surface area (Å²) in [6, 6.07) is 4.46. The van der Waals surface area contributed by atoms with Crippen LogP contribution in [-0.2, 0) is 6.42 Å². The van der Waals surface area contributed by atoms with Crippen molar-refractivity contribution in [2.45, 2.75) is 13.3 Å². The molecule has 0 saturated carbocycles. The molecule has 0 aliphatic rings. The minimum atomic E-state index is -0.242. The Labute approximate surface area is 85.1 Å². The third-order valence-corrected chi connectivity index (χ3v) is 2.38. The number of halogens is 2. The summed E-state index contributed by atoms with van der Waals surface area (Å²) in [6.07, 6.45) is 0.606. The minimum Gasteiger partial charge on any atom is -0.293 e. The summed E-state index contributed by atoms with van der Waals surface area (Å²) < 4.78 is 13.0. The molecule has 1 aromatic carbocycles. The molecule has 0 spiro atoms. The van der Waals surface area contributed by atoms with Gasteiger partial charge in [0.25, 0.3) is 0 Å². The van der Waals surface area contributed by atoms with E-state index < -0.39 is 0 Å². The number of carbonyl (C=O) groups is 1. The summed E-state index contributed by atoms with van der Waals surface area (Å²) in [4.78, 5) is 11.2. The van der Waals surface area contributed by atoms with E-state index in [1.54, 1.807) is 6.07 Å². The van der Waals surface area contributed by atoms with Crippen LogP contribution >= 0.6 is 15.9 Å². The van der Waals surface area contributed by atoms with Crippen LogP contribution in [0.25, 0.3) is 0 Å². The summed E-state index contributed by atoms with van der Waals surface area (Å²) in [6.45, 7) is 1.86. The molecular formula is C10H10BrFO. The van der Waals surface area contributed by atoms with Gasteiger partial charge in [-0.1, -0.05) is 22.9 Å². The van der Waals surface area contributed by atoms with Crippen molar-refractivity contribution in [3.63, 3.8) is 0 Å². The Hall–Kier alpha value is -0.700. The van der Waals surface area contributed by atoms with E-state index in [-0.39, 0.29) is 16.9 Å². The lowest BCUT2D eigenvalue weighted by atomic mass is 10.1. The molecule has 0 N–H and O–H groups in total. The summed E-state index contributed by atoms with van der Waals surface area (Å²) in [7, 11) is 0. The van der Waals surface area contributed by atoms with E-state index in [9.17, 15) is 9.18 Å². The first-order valence-electron chi connectivity index (χ1n) is 4.06. The van der Waals surface area contributed by atoms with E-state index in [1.807, 2.05) is 6.92 Å². The van der Waals surface area contributed by atoms with Gasteiger partial charge in [0.2, 0.25) is 0 Å². The molecule has 13 heavy (non-hydrogen) atoms. The normalized spacial score (nSPS) is 10.1. The standard InChI is InChI=1S/C10H10BrFO/c1-2-7-5-8(10(13)6-11)3-4-9(7)12/h3-5H,2,6H2,1H3. The maximum Gasteiger partial charge on any atom is 0.173 e. The van der Waals surface area contributed by atoms with E-state index in [0.717, 1.165) is 0 Å². The molecule has 1 nitrogen and oxygen atoms in total. The number of aryl methyl sites for hydroxylation is 1. The van der Waals surface area contributed by atoms with Crippen molar-refractivity contribution in [1.82, 2.24) is 0 Å². The lowest BCUT2D eigenvalue weighted by Crippen LogP contribution is -2.01. The minimum absolute atomic E-state index is 0.0188. The van der Waals surface area contributed by atoms with Gasteiger partial charge >= 0.3 is 0 Å². The number of hydrogen-bond donors (Lipinski definition) is 0. The van der Waals surface area contributed by atoms with Gasteiger partial charge in [-0.25, -0.2) is 4.39 Å². The van der Waals surface area contributed by atoms with Crippen LogP contribution in [0.1, 0.15) is 22.8 Å². The van der Waals surface area contributed by atoms with Crippen molar-refractivity contribution < 1.29 is 9.18 Å². The molecule has 3 heteroatoms. The zero-order chi connectivity index (χ0) is 9.84. The van der Waals surface area contributed by atoms with Gasteiger partial charge < -0.3 is 0 Å². The smallest absolute Gasteiger partial charge is 0.173 e. The molecule has 0 radical (unpaired) electrons. The van der Waals surface area contributed by atoms with Gasteiger partial charge in [0, 0.05) is 5.56 Å². The average Bonchev–Trinajstić information content (AvgIpc) is 2.17. The Balaban J connectivity index is 3.06. The maximum absolute atomic E-state index is 13.0. The van der Waals surface area contributed by atoms with E-state index in [0.29, 0.717) is 17.5 Å². The monoisotopic (exact) mass is 244 g/mol. The highest BCUT2D eigenvalue weighted by molar-refractivity contribution is 9.09. The molecule has 0 saturated heterocycles. The van der Waals surface area contributed by atoms with Crippen LogP contribution in [0.3, 0.4) is 0 Å². The van der Waals surface area contributed by atoms with Crippen molar-refractivity contribution in [2.24, 2.45) is 0 Å². The third kappa shape index (κ3) is 2.37. The molecule has 0 unspecified atom stereocenters. The van der Waals surface area contributed by atoms with Crippen molar-refractivity contribution in [1.29, 1.82) is 0 Å². The number of hydrogen-bond acceptors (Lipinski definition) is 1. The number of alkyl halides is 1. The average molecular weight is 245 g/mol. The molecule has 0 bridgehead atoms. The molecule has 0 aromatic heterocycles. The first kappa shape index (κ1) is 10.4. The van der Waals surface area contributed by atoms with E-state index in [1.165, 1.54) is 12.1 Å².